The third kappa shape index (κ3) is 3.58. The molecule has 0 spiro atoms. The second-order valence-electron chi connectivity index (χ2n) is 4.19. The number of thioether (sulfide) groups is 1. The maximum absolute atomic E-state index is 10.7. The molecule has 0 fully saturated rings. The van der Waals surface area contributed by atoms with Crippen LogP contribution < -0.4 is 0 Å². The molecule has 1 unspecified atom stereocenters. The molecule has 2 rings (SSSR count). The normalized spacial score (nSPS) is 12.5. The molecule has 1 heterocycles. The SMILES string of the molecule is CC(CCCl)Sc1ccc2cc([N+](=O)[O-])ccc2n1. The Kier molecular flexibility index (Phi) is 4.61. The molecule has 0 bridgehead atoms. The van der Waals surface area contributed by atoms with Gasteiger partial charge in [-0.05, 0) is 24.6 Å². The quantitative estimate of drug-likeness (QED) is 0.358. The van der Waals surface area contributed by atoms with Crippen molar-refractivity contribution in [2.24, 2.45) is 0 Å². The van der Waals surface area contributed by atoms with E-state index in [2.05, 4.69) is 11.9 Å². The van der Waals surface area contributed by atoms with Gasteiger partial charge >= 0.3 is 0 Å². The Balaban J connectivity index is 2.26. The first-order chi connectivity index (χ1) is 9.10. The highest BCUT2D eigenvalue weighted by Gasteiger charge is 2.09. The van der Waals surface area contributed by atoms with Crippen LogP contribution in [0.4, 0.5) is 5.69 Å². The number of alkyl halides is 1. The summed E-state index contributed by atoms with van der Waals surface area (Å²) in [7, 11) is 0. The summed E-state index contributed by atoms with van der Waals surface area (Å²) < 4.78 is 0. The van der Waals surface area contributed by atoms with Crippen LogP contribution in [0.2, 0.25) is 0 Å². The Morgan fingerprint density at radius 2 is 2.21 bits per heavy atom. The zero-order valence-electron chi connectivity index (χ0n) is 10.4. The molecule has 6 heteroatoms. The number of halogens is 1. The summed E-state index contributed by atoms with van der Waals surface area (Å²) in [6.45, 7) is 2.11. The highest BCUT2D eigenvalue weighted by molar-refractivity contribution is 7.99. The van der Waals surface area contributed by atoms with E-state index >= 15 is 0 Å². The molecule has 2 aromatic rings. The van der Waals surface area contributed by atoms with Crippen molar-refractivity contribution in [1.29, 1.82) is 0 Å². The van der Waals surface area contributed by atoms with Crippen LogP contribution in [-0.2, 0) is 0 Å². The summed E-state index contributed by atoms with van der Waals surface area (Å²) in [5.74, 6) is 0.633. The lowest BCUT2D eigenvalue weighted by Crippen LogP contribution is -1.97. The number of non-ortho nitro benzene ring substituents is 1. The highest BCUT2D eigenvalue weighted by Crippen LogP contribution is 2.27. The summed E-state index contributed by atoms with van der Waals surface area (Å²) in [5, 5.41) is 12.8. The minimum Gasteiger partial charge on any atom is -0.258 e. The minimum atomic E-state index is -0.398. The predicted octanol–water partition coefficient (Wildman–Crippen LogP) is 4.25. The van der Waals surface area contributed by atoms with Gasteiger partial charge in [0, 0.05) is 28.6 Å². The van der Waals surface area contributed by atoms with Crippen LogP contribution in [0.1, 0.15) is 13.3 Å². The van der Waals surface area contributed by atoms with Crippen molar-refractivity contribution < 1.29 is 4.92 Å². The second-order valence-corrected chi connectivity index (χ2v) is 6.03. The molecule has 1 atom stereocenters. The zero-order chi connectivity index (χ0) is 13.8. The van der Waals surface area contributed by atoms with E-state index < -0.39 is 4.92 Å². The molecule has 0 amide bonds. The summed E-state index contributed by atoms with van der Waals surface area (Å²) in [6, 6.07) is 8.46. The van der Waals surface area contributed by atoms with E-state index in [1.54, 1.807) is 23.9 Å². The topological polar surface area (TPSA) is 56.0 Å². The number of nitro groups is 1. The molecule has 0 aliphatic heterocycles. The van der Waals surface area contributed by atoms with E-state index in [0.29, 0.717) is 11.1 Å². The van der Waals surface area contributed by atoms with Gasteiger partial charge in [-0.15, -0.1) is 23.4 Å². The number of aromatic nitrogens is 1. The fourth-order valence-corrected chi connectivity index (χ4v) is 3.09. The van der Waals surface area contributed by atoms with Gasteiger partial charge in [-0.3, -0.25) is 10.1 Å². The molecule has 0 N–H and O–H groups in total. The van der Waals surface area contributed by atoms with Gasteiger partial charge in [-0.2, -0.15) is 0 Å². The second kappa shape index (κ2) is 6.21. The van der Waals surface area contributed by atoms with Crippen molar-refractivity contribution in [3.8, 4) is 0 Å². The van der Waals surface area contributed by atoms with Crippen molar-refractivity contribution >= 4 is 40.0 Å². The average molecular weight is 297 g/mol. The van der Waals surface area contributed by atoms with E-state index in [1.165, 1.54) is 6.07 Å². The summed E-state index contributed by atoms with van der Waals surface area (Å²) >= 11 is 7.37. The molecule has 0 saturated heterocycles. The van der Waals surface area contributed by atoms with E-state index in [9.17, 15) is 10.1 Å². The van der Waals surface area contributed by atoms with Crippen LogP contribution in [0.15, 0.2) is 35.4 Å². The molecule has 19 heavy (non-hydrogen) atoms. The maximum atomic E-state index is 10.7. The number of hydrogen-bond acceptors (Lipinski definition) is 4. The maximum Gasteiger partial charge on any atom is 0.270 e. The molecule has 0 saturated carbocycles. The van der Waals surface area contributed by atoms with E-state index in [-0.39, 0.29) is 5.69 Å². The lowest BCUT2D eigenvalue weighted by Gasteiger charge is -2.08. The first-order valence-electron chi connectivity index (χ1n) is 5.88. The van der Waals surface area contributed by atoms with Crippen molar-refractivity contribution in [1.82, 2.24) is 4.98 Å². The Labute approximate surface area is 120 Å². The van der Waals surface area contributed by atoms with Crippen molar-refractivity contribution in [2.75, 3.05) is 5.88 Å². The van der Waals surface area contributed by atoms with Gasteiger partial charge in [-0.1, -0.05) is 6.92 Å². The number of nitro benzene ring substituents is 1. The zero-order valence-corrected chi connectivity index (χ0v) is 11.9. The molecule has 4 nitrogen and oxygen atoms in total. The lowest BCUT2D eigenvalue weighted by atomic mass is 10.2. The van der Waals surface area contributed by atoms with Crippen LogP contribution in [-0.4, -0.2) is 21.0 Å². The van der Waals surface area contributed by atoms with Crippen LogP contribution in [0.5, 0.6) is 0 Å². The Morgan fingerprint density at radius 3 is 2.89 bits per heavy atom. The van der Waals surface area contributed by atoms with Crippen molar-refractivity contribution in [3.63, 3.8) is 0 Å². The Bertz CT molecular complexity index is 606. The molecule has 1 aromatic carbocycles. The molecule has 0 radical (unpaired) electrons. The molecule has 0 aliphatic rings. The minimum absolute atomic E-state index is 0.0882. The number of pyridine rings is 1. The number of rotatable bonds is 5. The highest BCUT2D eigenvalue weighted by atomic mass is 35.5. The first kappa shape index (κ1) is 14.1. The fourth-order valence-electron chi connectivity index (χ4n) is 1.69. The van der Waals surface area contributed by atoms with E-state index in [1.807, 2.05) is 12.1 Å². The summed E-state index contributed by atoms with van der Waals surface area (Å²) in [6.07, 6.45) is 0.923. The van der Waals surface area contributed by atoms with E-state index in [0.717, 1.165) is 22.3 Å². The molecule has 1 aromatic heterocycles. The van der Waals surface area contributed by atoms with Crippen LogP contribution >= 0.6 is 23.4 Å². The Morgan fingerprint density at radius 1 is 1.42 bits per heavy atom. The summed E-state index contributed by atoms with van der Waals surface area (Å²) in [5.41, 5.74) is 0.860. The molecule has 100 valence electrons. The lowest BCUT2D eigenvalue weighted by molar-refractivity contribution is -0.384. The van der Waals surface area contributed by atoms with Gasteiger partial charge in [0.25, 0.3) is 5.69 Å². The third-order valence-corrected chi connectivity index (χ3v) is 4.02. The first-order valence-corrected chi connectivity index (χ1v) is 7.29. The van der Waals surface area contributed by atoms with Gasteiger partial charge in [0.2, 0.25) is 0 Å². The molecular weight excluding hydrogens is 284 g/mol. The largest absolute Gasteiger partial charge is 0.270 e. The van der Waals surface area contributed by atoms with Crippen LogP contribution in [0.25, 0.3) is 10.9 Å². The van der Waals surface area contributed by atoms with Crippen molar-refractivity contribution in [2.45, 2.75) is 23.6 Å². The predicted molar refractivity (Wildman–Crippen MR) is 79.1 cm³/mol. The number of fused-ring (bicyclic) bond motifs is 1. The van der Waals surface area contributed by atoms with Gasteiger partial charge in [0.1, 0.15) is 0 Å². The van der Waals surface area contributed by atoms with Crippen molar-refractivity contribution in [3.05, 3.63) is 40.4 Å². The fraction of sp³-hybridized carbons (Fsp3) is 0.308. The van der Waals surface area contributed by atoms with E-state index in [4.69, 9.17) is 11.6 Å². The Hall–Kier alpha value is -1.33. The van der Waals surface area contributed by atoms with Gasteiger partial charge in [-0.25, -0.2) is 4.98 Å². The van der Waals surface area contributed by atoms with Gasteiger partial charge in [0.05, 0.1) is 15.5 Å². The smallest absolute Gasteiger partial charge is 0.258 e. The third-order valence-electron chi connectivity index (χ3n) is 2.70. The standard InChI is InChI=1S/C13H13ClN2O2S/c1-9(6-7-14)19-13-5-2-10-8-11(16(17)18)3-4-12(10)15-13/h2-5,8-9H,6-7H2,1H3. The summed E-state index contributed by atoms with van der Waals surface area (Å²) in [4.78, 5) is 14.8. The molecular formula is C13H13ClN2O2S. The number of nitrogens with zero attached hydrogens (tertiary/aromatic N) is 2. The monoisotopic (exact) mass is 296 g/mol. The van der Waals surface area contributed by atoms with Gasteiger partial charge in [0.15, 0.2) is 0 Å². The molecule has 0 aliphatic carbocycles. The number of benzene rings is 1. The van der Waals surface area contributed by atoms with Crippen LogP contribution in [0, 0.1) is 10.1 Å². The van der Waals surface area contributed by atoms with Gasteiger partial charge < -0.3 is 0 Å². The number of hydrogen-bond donors (Lipinski definition) is 0. The average Bonchev–Trinajstić information content (AvgIpc) is 2.38. The van der Waals surface area contributed by atoms with Crippen LogP contribution in [0.3, 0.4) is 0 Å².